The summed E-state index contributed by atoms with van der Waals surface area (Å²) in [6.45, 7) is 10.6. The Bertz CT molecular complexity index is 773. The fourth-order valence-electron chi connectivity index (χ4n) is 3.82. The van der Waals surface area contributed by atoms with Crippen molar-refractivity contribution >= 4 is 5.97 Å². The molecule has 1 unspecified atom stereocenters. The third-order valence-electron chi connectivity index (χ3n) is 5.74. The number of aryl methyl sites for hydroxylation is 2. The Balaban J connectivity index is 0.000000300. The molecule has 0 bridgehead atoms. The Morgan fingerprint density at radius 2 is 1.63 bits per heavy atom. The Hall–Kier alpha value is -2.35. The number of methoxy groups -OCH3 is 1. The summed E-state index contributed by atoms with van der Waals surface area (Å²) in [5.74, 6) is -0.287. The van der Waals surface area contributed by atoms with Crippen LogP contribution < -0.4 is 0 Å². The highest BCUT2D eigenvalue weighted by atomic mass is 16.5. The molecule has 0 radical (unpaired) electrons. The van der Waals surface area contributed by atoms with Crippen molar-refractivity contribution in [2.75, 3.05) is 7.11 Å². The van der Waals surface area contributed by atoms with Crippen LogP contribution >= 0.6 is 0 Å². The summed E-state index contributed by atoms with van der Waals surface area (Å²) in [6.07, 6.45) is 12.5. The van der Waals surface area contributed by atoms with Crippen LogP contribution in [-0.4, -0.2) is 13.1 Å². The van der Waals surface area contributed by atoms with Crippen molar-refractivity contribution in [3.63, 3.8) is 0 Å². The van der Waals surface area contributed by atoms with Crippen LogP contribution in [0.4, 0.5) is 0 Å². The third-order valence-corrected chi connectivity index (χ3v) is 5.74. The number of ether oxygens (including phenoxy) is 1. The van der Waals surface area contributed by atoms with Gasteiger partial charge in [0.05, 0.1) is 12.7 Å². The molecule has 0 spiro atoms. The summed E-state index contributed by atoms with van der Waals surface area (Å²) >= 11 is 0. The lowest BCUT2D eigenvalue weighted by atomic mass is 9.72. The Morgan fingerprint density at radius 3 is 2.13 bits per heavy atom. The molecule has 0 aromatic heterocycles. The zero-order valence-corrected chi connectivity index (χ0v) is 19.8. The molecular formula is C28H40O2. The molecule has 0 heterocycles. The number of hydrogen-bond donors (Lipinski definition) is 0. The normalized spacial score (nSPS) is 17.1. The zero-order chi connectivity index (χ0) is 22.4. The van der Waals surface area contributed by atoms with Gasteiger partial charge >= 0.3 is 5.97 Å². The molecule has 0 saturated heterocycles. The molecule has 30 heavy (non-hydrogen) atoms. The van der Waals surface area contributed by atoms with E-state index in [1.54, 1.807) is 17.7 Å². The molecule has 1 atom stereocenters. The average molecular weight is 409 g/mol. The Morgan fingerprint density at radius 1 is 1.00 bits per heavy atom. The number of carbonyl (C=O) groups is 1. The zero-order valence-electron chi connectivity index (χ0n) is 19.8. The molecule has 1 aliphatic rings. The second kappa shape index (κ2) is 13.8. The highest BCUT2D eigenvalue weighted by molar-refractivity contribution is 5.89. The number of rotatable bonds is 5. The summed E-state index contributed by atoms with van der Waals surface area (Å²) in [5, 5.41) is 0. The SMILES string of the molecule is CC.CCc1ccccc1CC1(CC)C=CCCC1.COC(=O)c1ccc(C)cc1. The standard InChI is InChI=1S/C17H24.C9H10O2.C2H6/c1-3-15-10-6-7-11-16(15)14-17(4-2)12-8-5-9-13-17;1-7-3-5-8(6-4-7)9(10)11-2;1-2/h6-8,10-12H,3-5,9,13-14H2,1-2H3;3-6H,1-2H3;1-2H3. The lowest BCUT2D eigenvalue weighted by Gasteiger charge is -2.33. The molecule has 2 nitrogen and oxygen atoms in total. The van der Waals surface area contributed by atoms with Crippen molar-refractivity contribution in [2.45, 2.75) is 73.1 Å². The molecule has 1 aliphatic carbocycles. The van der Waals surface area contributed by atoms with Gasteiger partial charge in [-0.15, -0.1) is 0 Å². The second-order valence-corrected chi connectivity index (χ2v) is 7.67. The van der Waals surface area contributed by atoms with E-state index in [1.807, 2.05) is 32.9 Å². The van der Waals surface area contributed by atoms with Crippen LogP contribution in [0.15, 0.2) is 60.7 Å². The van der Waals surface area contributed by atoms with Gasteiger partial charge in [0, 0.05) is 0 Å². The van der Waals surface area contributed by atoms with Crippen LogP contribution in [0.3, 0.4) is 0 Å². The van der Waals surface area contributed by atoms with Gasteiger partial charge < -0.3 is 4.74 Å². The monoisotopic (exact) mass is 408 g/mol. The van der Waals surface area contributed by atoms with Crippen molar-refractivity contribution in [1.29, 1.82) is 0 Å². The van der Waals surface area contributed by atoms with Gasteiger partial charge in [-0.25, -0.2) is 4.79 Å². The maximum absolute atomic E-state index is 10.9. The first kappa shape index (κ1) is 25.7. The molecule has 0 N–H and O–H groups in total. The predicted octanol–water partition coefficient (Wildman–Crippen LogP) is 7.74. The summed E-state index contributed by atoms with van der Waals surface area (Å²) < 4.78 is 4.54. The van der Waals surface area contributed by atoms with Gasteiger partial charge in [0.1, 0.15) is 0 Å². The van der Waals surface area contributed by atoms with E-state index in [-0.39, 0.29) is 5.97 Å². The summed E-state index contributed by atoms with van der Waals surface area (Å²) in [7, 11) is 1.38. The lowest BCUT2D eigenvalue weighted by molar-refractivity contribution is 0.0600. The maximum atomic E-state index is 10.9. The van der Waals surface area contributed by atoms with E-state index in [1.165, 1.54) is 44.8 Å². The molecule has 2 aromatic rings. The molecule has 3 rings (SSSR count). The molecule has 0 saturated carbocycles. The van der Waals surface area contributed by atoms with Gasteiger partial charge in [0.2, 0.25) is 0 Å². The molecule has 0 amide bonds. The van der Waals surface area contributed by atoms with E-state index in [2.05, 4.69) is 55.0 Å². The summed E-state index contributed by atoms with van der Waals surface area (Å²) in [6, 6.07) is 16.2. The summed E-state index contributed by atoms with van der Waals surface area (Å²) in [5.41, 5.74) is 5.25. The van der Waals surface area contributed by atoms with E-state index in [0.717, 1.165) is 12.0 Å². The first-order chi connectivity index (χ1) is 14.5. The number of benzene rings is 2. The Kier molecular flexibility index (Phi) is 11.8. The topological polar surface area (TPSA) is 26.3 Å². The van der Waals surface area contributed by atoms with Gasteiger partial charge in [-0.3, -0.25) is 0 Å². The van der Waals surface area contributed by atoms with Crippen LogP contribution in [0.2, 0.25) is 0 Å². The smallest absolute Gasteiger partial charge is 0.337 e. The first-order valence-corrected chi connectivity index (χ1v) is 11.4. The molecule has 0 fully saturated rings. The van der Waals surface area contributed by atoms with Crippen LogP contribution in [0.25, 0.3) is 0 Å². The molecule has 0 aliphatic heterocycles. The van der Waals surface area contributed by atoms with Gasteiger partial charge in [0.15, 0.2) is 0 Å². The van der Waals surface area contributed by atoms with Crippen molar-refractivity contribution in [3.8, 4) is 0 Å². The average Bonchev–Trinajstić information content (AvgIpc) is 2.82. The van der Waals surface area contributed by atoms with Gasteiger partial charge in [-0.1, -0.05) is 81.8 Å². The molecular weight excluding hydrogens is 368 g/mol. The Labute approximate surface area is 184 Å². The fourth-order valence-corrected chi connectivity index (χ4v) is 3.82. The first-order valence-electron chi connectivity index (χ1n) is 11.4. The molecule has 2 heteroatoms. The molecule has 2 aromatic carbocycles. The van der Waals surface area contributed by atoms with Crippen LogP contribution in [0.5, 0.6) is 0 Å². The van der Waals surface area contributed by atoms with Crippen molar-refractivity contribution in [3.05, 3.63) is 82.9 Å². The maximum Gasteiger partial charge on any atom is 0.337 e. The van der Waals surface area contributed by atoms with Crippen molar-refractivity contribution in [2.24, 2.45) is 5.41 Å². The number of carbonyl (C=O) groups excluding carboxylic acids is 1. The lowest BCUT2D eigenvalue weighted by Crippen LogP contribution is -2.23. The minimum absolute atomic E-state index is 0.287. The van der Waals surface area contributed by atoms with E-state index < -0.39 is 0 Å². The van der Waals surface area contributed by atoms with Gasteiger partial charge in [-0.05, 0) is 74.1 Å². The van der Waals surface area contributed by atoms with E-state index in [9.17, 15) is 4.79 Å². The number of esters is 1. The largest absolute Gasteiger partial charge is 0.465 e. The van der Waals surface area contributed by atoms with Crippen LogP contribution in [-0.2, 0) is 17.6 Å². The predicted molar refractivity (Wildman–Crippen MR) is 129 cm³/mol. The highest BCUT2D eigenvalue weighted by Crippen LogP contribution is 2.38. The van der Waals surface area contributed by atoms with Gasteiger partial charge in [-0.2, -0.15) is 0 Å². The fraction of sp³-hybridized carbons (Fsp3) is 0.464. The van der Waals surface area contributed by atoms with Crippen molar-refractivity contribution in [1.82, 2.24) is 0 Å². The highest BCUT2D eigenvalue weighted by Gasteiger charge is 2.27. The quantitative estimate of drug-likeness (QED) is 0.373. The minimum atomic E-state index is -0.287. The van der Waals surface area contributed by atoms with Crippen LogP contribution in [0, 0.1) is 12.3 Å². The van der Waals surface area contributed by atoms with E-state index >= 15 is 0 Å². The van der Waals surface area contributed by atoms with E-state index in [4.69, 9.17) is 0 Å². The van der Waals surface area contributed by atoms with Crippen LogP contribution in [0.1, 0.15) is 80.4 Å². The number of hydrogen-bond acceptors (Lipinski definition) is 2. The third kappa shape index (κ3) is 7.82. The minimum Gasteiger partial charge on any atom is -0.465 e. The van der Waals surface area contributed by atoms with E-state index in [0.29, 0.717) is 11.0 Å². The van der Waals surface area contributed by atoms with Gasteiger partial charge in [0.25, 0.3) is 0 Å². The number of allylic oxidation sites excluding steroid dienone is 2. The second-order valence-electron chi connectivity index (χ2n) is 7.67. The molecule has 164 valence electrons. The summed E-state index contributed by atoms with van der Waals surface area (Å²) in [4.78, 5) is 10.9. The van der Waals surface area contributed by atoms with Crippen molar-refractivity contribution < 1.29 is 9.53 Å².